The van der Waals surface area contributed by atoms with E-state index in [4.69, 9.17) is 11.6 Å². The van der Waals surface area contributed by atoms with Gasteiger partial charge in [0.25, 0.3) is 0 Å². The van der Waals surface area contributed by atoms with Crippen LogP contribution in [0.2, 0.25) is 0 Å². The van der Waals surface area contributed by atoms with E-state index in [-0.39, 0.29) is 0 Å². The minimum absolute atomic E-state index is 0.740. The Kier molecular flexibility index (Phi) is 5.06. The van der Waals surface area contributed by atoms with Crippen molar-refractivity contribution < 1.29 is 0 Å². The summed E-state index contributed by atoms with van der Waals surface area (Å²) in [4.78, 5) is 0. The van der Waals surface area contributed by atoms with Crippen LogP contribution in [0.25, 0.3) is 0 Å². The summed E-state index contributed by atoms with van der Waals surface area (Å²) < 4.78 is 0. The molecule has 0 atom stereocenters. The molecule has 0 radical (unpaired) electrons. The summed E-state index contributed by atoms with van der Waals surface area (Å²) in [6, 6.07) is 0. The normalized spacial score (nSPS) is 10.3. The molecular weight excluding hydrogens is 95.5 g/mol. The average Bonchev–Trinajstić information content (AvgIpc) is 1.61. The van der Waals surface area contributed by atoms with Crippen molar-refractivity contribution in [3.63, 3.8) is 0 Å². The van der Waals surface area contributed by atoms with Crippen LogP contribution in [0.15, 0.2) is 12.2 Å². The molecule has 0 aliphatic rings. The second kappa shape index (κ2) is 5.03. The number of allylic oxidation sites excluding steroid dienone is 2. The van der Waals surface area contributed by atoms with Crippen molar-refractivity contribution in [3.8, 4) is 0 Å². The van der Waals surface area contributed by atoms with E-state index in [9.17, 15) is 0 Å². The third-order valence-corrected chi connectivity index (χ3v) is 0.730. The second-order valence-electron chi connectivity index (χ2n) is 1.05. The van der Waals surface area contributed by atoms with E-state index in [1.807, 2.05) is 19.1 Å². The number of alkyl halides is 1. The highest BCUT2D eigenvalue weighted by Crippen LogP contribution is 1.83. The number of halogens is 1. The molecule has 0 amide bonds. The zero-order valence-electron chi connectivity index (χ0n) is 3.95. The Bertz CT molecular complexity index is 39.2. The molecule has 0 fully saturated rings. The predicted octanol–water partition coefficient (Wildman–Crippen LogP) is 2.19. The lowest BCUT2D eigenvalue weighted by atomic mass is 10.4. The molecule has 0 aromatic rings. The first-order valence-electron chi connectivity index (χ1n) is 2.09. The lowest BCUT2D eigenvalue weighted by molar-refractivity contribution is 1.23. The van der Waals surface area contributed by atoms with Crippen LogP contribution in [0.5, 0.6) is 0 Å². The Hall–Kier alpha value is 0.0300. The molecule has 1 heteroatoms. The fourth-order valence-electron chi connectivity index (χ4n) is 0.230. The molecule has 0 nitrogen and oxygen atoms in total. The van der Waals surface area contributed by atoms with Gasteiger partial charge in [-0.05, 0) is 13.3 Å². The van der Waals surface area contributed by atoms with Crippen LogP contribution in [0.4, 0.5) is 0 Å². The maximum atomic E-state index is 5.33. The summed E-state index contributed by atoms with van der Waals surface area (Å²) in [6.07, 6.45) is 5.05. The van der Waals surface area contributed by atoms with Crippen LogP contribution in [0, 0.1) is 0 Å². The topological polar surface area (TPSA) is 0 Å². The smallest absolute Gasteiger partial charge is 0.0257 e. The van der Waals surface area contributed by atoms with Gasteiger partial charge in [-0.2, -0.15) is 0 Å². The lowest BCUT2D eigenvalue weighted by Gasteiger charge is -1.74. The van der Waals surface area contributed by atoms with Crippen molar-refractivity contribution in [3.05, 3.63) is 12.2 Å². The monoisotopic (exact) mass is 104 g/mol. The van der Waals surface area contributed by atoms with E-state index < -0.39 is 0 Å². The Morgan fingerprint density at radius 2 is 2.33 bits per heavy atom. The summed E-state index contributed by atoms with van der Waals surface area (Å²) in [6.45, 7) is 1.99. The van der Waals surface area contributed by atoms with Crippen LogP contribution < -0.4 is 0 Å². The number of hydrogen-bond donors (Lipinski definition) is 0. The van der Waals surface area contributed by atoms with E-state index in [1.54, 1.807) is 0 Å². The Labute approximate surface area is 43.8 Å². The molecular formula is C5H9Cl. The number of rotatable bonds is 2. The molecule has 6 heavy (non-hydrogen) atoms. The average molecular weight is 105 g/mol. The van der Waals surface area contributed by atoms with Crippen LogP contribution in [-0.4, -0.2) is 5.88 Å². The van der Waals surface area contributed by atoms with Crippen molar-refractivity contribution in [2.24, 2.45) is 0 Å². The Morgan fingerprint density at radius 1 is 1.67 bits per heavy atom. The summed E-state index contributed by atoms with van der Waals surface area (Å²) in [5.41, 5.74) is 0. The number of hydrogen-bond acceptors (Lipinski definition) is 0. The lowest BCUT2D eigenvalue weighted by Crippen LogP contribution is -1.62. The zero-order valence-corrected chi connectivity index (χ0v) is 4.70. The van der Waals surface area contributed by atoms with Crippen LogP contribution in [0.3, 0.4) is 0 Å². The van der Waals surface area contributed by atoms with Gasteiger partial charge in [0.2, 0.25) is 0 Å². The van der Waals surface area contributed by atoms with E-state index in [1.165, 1.54) is 0 Å². The fraction of sp³-hybridized carbons (Fsp3) is 0.600. The molecule has 0 heterocycles. The van der Waals surface area contributed by atoms with Crippen LogP contribution in [0.1, 0.15) is 13.3 Å². The van der Waals surface area contributed by atoms with E-state index in [0.29, 0.717) is 0 Å². The molecule has 0 N–H and O–H groups in total. The summed E-state index contributed by atoms with van der Waals surface area (Å²) >= 11 is 5.33. The van der Waals surface area contributed by atoms with Crippen molar-refractivity contribution in [2.75, 3.05) is 5.88 Å². The van der Waals surface area contributed by atoms with Gasteiger partial charge in [0.05, 0.1) is 0 Å². The SMILES string of the molecule is CC=CCCCl. The molecule has 0 saturated heterocycles. The van der Waals surface area contributed by atoms with Gasteiger partial charge in [0.15, 0.2) is 0 Å². The second-order valence-corrected chi connectivity index (χ2v) is 1.42. The molecule has 0 aromatic carbocycles. The Morgan fingerprint density at radius 3 is 2.50 bits per heavy atom. The minimum atomic E-state index is 0.740. The van der Waals surface area contributed by atoms with Crippen molar-refractivity contribution >= 4 is 11.6 Å². The predicted molar refractivity (Wildman–Crippen MR) is 30.2 cm³/mol. The largest absolute Gasteiger partial charge is 0.126 e. The van der Waals surface area contributed by atoms with Crippen molar-refractivity contribution in [1.29, 1.82) is 0 Å². The summed E-state index contributed by atoms with van der Waals surface area (Å²) in [5.74, 6) is 0.740. The third-order valence-electron chi connectivity index (χ3n) is 0.511. The van der Waals surface area contributed by atoms with Gasteiger partial charge < -0.3 is 0 Å². The first-order valence-corrected chi connectivity index (χ1v) is 2.62. The maximum absolute atomic E-state index is 5.33. The van der Waals surface area contributed by atoms with Gasteiger partial charge in [0.1, 0.15) is 0 Å². The highest BCUT2D eigenvalue weighted by molar-refractivity contribution is 6.17. The van der Waals surface area contributed by atoms with Crippen LogP contribution >= 0.6 is 11.6 Å². The van der Waals surface area contributed by atoms with Crippen molar-refractivity contribution in [1.82, 2.24) is 0 Å². The first-order chi connectivity index (χ1) is 2.91. The zero-order chi connectivity index (χ0) is 4.83. The molecule has 0 rings (SSSR count). The van der Waals surface area contributed by atoms with Gasteiger partial charge in [-0.3, -0.25) is 0 Å². The molecule has 0 aromatic heterocycles. The Balaban J connectivity index is 2.66. The van der Waals surface area contributed by atoms with Gasteiger partial charge in [-0.1, -0.05) is 12.2 Å². The molecule has 0 unspecified atom stereocenters. The van der Waals surface area contributed by atoms with Gasteiger partial charge in [0, 0.05) is 5.88 Å². The van der Waals surface area contributed by atoms with Gasteiger partial charge in [-0.15, -0.1) is 11.6 Å². The quantitative estimate of drug-likeness (QED) is 0.372. The molecule has 0 spiro atoms. The maximum Gasteiger partial charge on any atom is 0.0257 e. The fourth-order valence-corrected chi connectivity index (χ4v) is 0.356. The molecule has 0 bridgehead atoms. The van der Waals surface area contributed by atoms with E-state index in [0.717, 1.165) is 12.3 Å². The molecule has 36 valence electrons. The van der Waals surface area contributed by atoms with Crippen LogP contribution in [-0.2, 0) is 0 Å². The van der Waals surface area contributed by atoms with Gasteiger partial charge in [-0.25, -0.2) is 0 Å². The third kappa shape index (κ3) is 4.03. The molecule has 0 saturated carbocycles. The highest BCUT2D eigenvalue weighted by Gasteiger charge is 1.66. The molecule has 0 aliphatic heterocycles. The summed E-state index contributed by atoms with van der Waals surface area (Å²) in [5, 5.41) is 0. The molecule has 0 aliphatic carbocycles. The van der Waals surface area contributed by atoms with E-state index >= 15 is 0 Å². The first kappa shape index (κ1) is 6.03. The van der Waals surface area contributed by atoms with Gasteiger partial charge >= 0.3 is 0 Å². The van der Waals surface area contributed by atoms with E-state index in [2.05, 4.69) is 0 Å². The van der Waals surface area contributed by atoms with Crippen molar-refractivity contribution in [2.45, 2.75) is 13.3 Å². The standard InChI is InChI=1S/C5H9Cl/c1-2-3-4-5-6/h2-3H,4-5H2,1H3. The minimum Gasteiger partial charge on any atom is -0.126 e. The summed E-state index contributed by atoms with van der Waals surface area (Å²) in [7, 11) is 0. The highest BCUT2D eigenvalue weighted by atomic mass is 35.5.